The predicted octanol–water partition coefficient (Wildman–Crippen LogP) is 4.11. The fourth-order valence-electron chi connectivity index (χ4n) is 2.41. The SMILES string of the molecule is CN(C)CCn1c(-c2ccccc2)nc2ccccc21.Cl.Cl. The van der Waals surface area contributed by atoms with Crippen LogP contribution in [0.3, 0.4) is 0 Å². The molecule has 0 saturated heterocycles. The predicted molar refractivity (Wildman–Crippen MR) is 98.2 cm³/mol. The van der Waals surface area contributed by atoms with E-state index in [4.69, 9.17) is 4.98 Å². The normalized spacial score (nSPS) is 10.3. The lowest BCUT2D eigenvalue weighted by Crippen LogP contribution is -2.18. The first-order chi connectivity index (χ1) is 9.75. The standard InChI is InChI=1S/C17H19N3.2ClH/c1-19(2)12-13-20-16-11-7-6-10-15(16)18-17(20)14-8-4-3-5-9-14;;/h3-11H,12-13H2,1-2H3;2*1H. The van der Waals surface area contributed by atoms with Crippen molar-refractivity contribution in [2.75, 3.05) is 20.6 Å². The van der Waals surface area contributed by atoms with Crippen molar-refractivity contribution in [1.82, 2.24) is 14.5 Å². The van der Waals surface area contributed by atoms with Crippen molar-refractivity contribution in [2.45, 2.75) is 6.54 Å². The number of imidazole rings is 1. The van der Waals surface area contributed by atoms with E-state index in [1.54, 1.807) is 0 Å². The highest BCUT2D eigenvalue weighted by Gasteiger charge is 2.11. The first-order valence-electron chi connectivity index (χ1n) is 6.91. The van der Waals surface area contributed by atoms with E-state index in [-0.39, 0.29) is 24.8 Å². The molecule has 0 fully saturated rings. The molecule has 0 aliphatic rings. The summed E-state index contributed by atoms with van der Waals surface area (Å²) in [5, 5.41) is 0. The Morgan fingerprint density at radius 1 is 0.909 bits per heavy atom. The first kappa shape index (κ1) is 18.5. The molecule has 3 aromatic rings. The number of aromatic nitrogens is 2. The lowest BCUT2D eigenvalue weighted by Gasteiger charge is -2.13. The van der Waals surface area contributed by atoms with Crippen LogP contribution in [-0.4, -0.2) is 35.1 Å². The number of nitrogens with zero attached hydrogens (tertiary/aromatic N) is 3. The van der Waals surface area contributed by atoms with Crippen LogP contribution in [0.1, 0.15) is 0 Å². The summed E-state index contributed by atoms with van der Waals surface area (Å²) in [7, 11) is 4.20. The number of benzene rings is 2. The third kappa shape index (κ3) is 3.80. The van der Waals surface area contributed by atoms with Crippen LogP contribution < -0.4 is 0 Å². The topological polar surface area (TPSA) is 21.1 Å². The van der Waals surface area contributed by atoms with Gasteiger partial charge >= 0.3 is 0 Å². The van der Waals surface area contributed by atoms with Gasteiger partial charge in [0.15, 0.2) is 0 Å². The molecule has 0 radical (unpaired) electrons. The molecule has 3 rings (SSSR count). The number of para-hydroxylation sites is 2. The van der Waals surface area contributed by atoms with E-state index in [0.717, 1.165) is 24.4 Å². The van der Waals surface area contributed by atoms with Gasteiger partial charge in [0, 0.05) is 18.7 Å². The van der Waals surface area contributed by atoms with Crippen LogP contribution in [0.25, 0.3) is 22.4 Å². The maximum absolute atomic E-state index is 4.81. The highest BCUT2D eigenvalue weighted by molar-refractivity contribution is 5.85. The monoisotopic (exact) mass is 337 g/mol. The minimum absolute atomic E-state index is 0. The van der Waals surface area contributed by atoms with Gasteiger partial charge in [-0.15, -0.1) is 24.8 Å². The summed E-state index contributed by atoms with van der Waals surface area (Å²) in [6, 6.07) is 18.7. The Morgan fingerprint density at radius 3 is 2.23 bits per heavy atom. The lowest BCUT2D eigenvalue weighted by atomic mass is 10.2. The van der Waals surface area contributed by atoms with Crippen LogP contribution in [0, 0.1) is 0 Å². The molecule has 2 aromatic carbocycles. The molecule has 0 atom stereocenters. The molecule has 0 bridgehead atoms. The van der Waals surface area contributed by atoms with Crippen LogP contribution in [0.4, 0.5) is 0 Å². The Kier molecular flexibility index (Phi) is 6.88. The van der Waals surface area contributed by atoms with Gasteiger partial charge in [-0.2, -0.15) is 0 Å². The number of rotatable bonds is 4. The van der Waals surface area contributed by atoms with E-state index in [1.807, 2.05) is 12.1 Å². The van der Waals surface area contributed by atoms with Crippen LogP contribution in [-0.2, 0) is 6.54 Å². The number of likely N-dealkylation sites (N-methyl/N-ethyl adjacent to an activating group) is 1. The summed E-state index contributed by atoms with van der Waals surface area (Å²) in [6.45, 7) is 1.94. The zero-order valence-corrected chi connectivity index (χ0v) is 14.4. The maximum atomic E-state index is 4.81. The van der Waals surface area contributed by atoms with Gasteiger partial charge < -0.3 is 9.47 Å². The minimum atomic E-state index is 0. The highest BCUT2D eigenvalue weighted by Crippen LogP contribution is 2.24. The van der Waals surface area contributed by atoms with Gasteiger partial charge in [-0.25, -0.2) is 4.98 Å². The van der Waals surface area contributed by atoms with E-state index >= 15 is 0 Å². The van der Waals surface area contributed by atoms with Gasteiger partial charge in [0.05, 0.1) is 11.0 Å². The summed E-state index contributed by atoms with van der Waals surface area (Å²) < 4.78 is 2.31. The fourth-order valence-corrected chi connectivity index (χ4v) is 2.41. The zero-order chi connectivity index (χ0) is 13.9. The summed E-state index contributed by atoms with van der Waals surface area (Å²) in [5.41, 5.74) is 3.43. The number of fused-ring (bicyclic) bond motifs is 1. The Hall–Kier alpha value is -1.55. The fraction of sp³-hybridized carbons (Fsp3) is 0.235. The average Bonchev–Trinajstić information content (AvgIpc) is 2.84. The van der Waals surface area contributed by atoms with Crippen LogP contribution in [0.15, 0.2) is 54.6 Å². The first-order valence-corrected chi connectivity index (χ1v) is 6.91. The van der Waals surface area contributed by atoms with Crippen molar-refractivity contribution in [3.05, 3.63) is 54.6 Å². The molecule has 5 heteroatoms. The van der Waals surface area contributed by atoms with Crippen LogP contribution >= 0.6 is 24.8 Å². The van der Waals surface area contributed by atoms with E-state index in [1.165, 1.54) is 11.1 Å². The van der Waals surface area contributed by atoms with Crippen molar-refractivity contribution in [3.63, 3.8) is 0 Å². The molecule has 1 heterocycles. The summed E-state index contributed by atoms with van der Waals surface area (Å²) in [5.74, 6) is 1.05. The quantitative estimate of drug-likeness (QED) is 0.714. The molecule has 0 aliphatic carbocycles. The van der Waals surface area contributed by atoms with Gasteiger partial charge in [0.2, 0.25) is 0 Å². The molecule has 0 saturated carbocycles. The molecule has 118 valence electrons. The molecule has 0 N–H and O–H groups in total. The summed E-state index contributed by atoms with van der Waals surface area (Å²) in [4.78, 5) is 7.00. The zero-order valence-electron chi connectivity index (χ0n) is 12.8. The number of hydrogen-bond acceptors (Lipinski definition) is 2. The van der Waals surface area contributed by atoms with E-state index in [0.29, 0.717) is 0 Å². The van der Waals surface area contributed by atoms with Crippen molar-refractivity contribution in [3.8, 4) is 11.4 Å². The largest absolute Gasteiger partial charge is 0.323 e. The number of hydrogen-bond donors (Lipinski definition) is 0. The second-order valence-corrected chi connectivity index (χ2v) is 5.25. The van der Waals surface area contributed by atoms with E-state index < -0.39 is 0 Å². The number of halogens is 2. The molecular formula is C17H21Cl2N3. The van der Waals surface area contributed by atoms with Gasteiger partial charge in [0.25, 0.3) is 0 Å². The molecule has 0 unspecified atom stereocenters. The maximum Gasteiger partial charge on any atom is 0.141 e. The third-order valence-corrected chi connectivity index (χ3v) is 3.46. The van der Waals surface area contributed by atoms with Crippen molar-refractivity contribution >= 4 is 35.8 Å². The molecular weight excluding hydrogens is 317 g/mol. The van der Waals surface area contributed by atoms with Gasteiger partial charge in [-0.05, 0) is 26.2 Å². The molecule has 0 spiro atoms. The van der Waals surface area contributed by atoms with E-state index in [2.05, 4.69) is 66.0 Å². The summed E-state index contributed by atoms with van der Waals surface area (Å²) >= 11 is 0. The van der Waals surface area contributed by atoms with Gasteiger partial charge in [-0.1, -0.05) is 42.5 Å². The average molecular weight is 338 g/mol. The van der Waals surface area contributed by atoms with Crippen molar-refractivity contribution in [2.24, 2.45) is 0 Å². The Labute approximate surface area is 143 Å². The highest BCUT2D eigenvalue weighted by atomic mass is 35.5. The van der Waals surface area contributed by atoms with Crippen molar-refractivity contribution in [1.29, 1.82) is 0 Å². The molecule has 0 amide bonds. The second-order valence-electron chi connectivity index (χ2n) is 5.25. The van der Waals surface area contributed by atoms with Gasteiger partial charge in [-0.3, -0.25) is 0 Å². The second kappa shape index (κ2) is 8.18. The Balaban J connectivity index is 0.00000121. The van der Waals surface area contributed by atoms with Crippen LogP contribution in [0.2, 0.25) is 0 Å². The smallest absolute Gasteiger partial charge is 0.141 e. The molecule has 1 aromatic heterocycles. The van der Waals surface area contributed by atoms with Gasteiger partial charge in [0.1, 0.15) is 5.82 Å². The Bertz CT molecular complexity index is 708. The Morgan fingerprint density at radius 2 is 1.55 bits per heavy atom. The molecule has 22 heavy (non-hydrogen) atoms. The van der Waals surface area contributed by atoms with Crippen molar-refractivity contribution < 1.29 is 0 Å². The van der Waals surface area contributed by atoms with E-state index in [9.17, 15) is 0 Å². The molecule has 0 aliphatic heterocycles. The molecule has 3 nitrogen and oxygen atoms in total. The van der Waals surface area contributed by atoms with Crippen LogP contribution in [0.5, 0.6) is 0 Å². The minimum Gasteiger partial charge on any atom is -0.323 e. The third-order valence-electron chi connectivity index (χ3n) is 3.46. The summed E-state index contributed by atoms with van der Waals surface area (Å²) in [6.07, 6.45) is 0. The lowest BCUT2D eigenvalue weighted by molar-refractivity contribution is 0.387.